The minimum atomic E-state index is 0. The van der Waals surface area contributed by atoms with E-state index in [1.54, 1.807) is 0 Å². The molecule has 2 aromatic carbocycles. The van der Waals surface area contributed by atoms with Gasteiger partial charge in [0.05, 0.1) is 13.2 Å². The molecular weight excluding hydrogens is 499 g/mol. The molecule has 1 N–H and O–H groups in total. The summed E-state index contributed by atoms with van der Waals surface area (Å²) in [6, 6.07) is 19.5. The summed E-state index contributed by atoms with van der Waals surface area (Å²) in [5.74, 6) is 0.992. The Morgan fingerprint density at radius 2 is 1.65 bits per heavy atom. The van der Waals surface area contributed by atoms with E-state index in [1.807, 2.05) is 7.05 Å². The molecule has 2 saturated heterocycles. The number of morpholine rings is 1. The minimum Gasteiger partial charge on any atom is -0.378 e. The molecule has 4 rings (SSSR count). The second kappa shape index (κ2) is 12.1. The molecule has 5 nitrogen and oxygen atoms in total. The summed E-state index contributed by atoms with van der Waals surface area (Å²) in [6.07, 6.45) is 4.51. The molecule has 0 aromatic heterocycles. The summed E-state index contributed by atoms with van der Waals surface area (Å²) in [5.41, 5.74) is 5.37. The third kappa shape index (κ3) is 6.71. The van der Waals surface area contributed by atoms with Crippen molar-refractivity contribution in [3.63, 3.8) is 0 Å². The van der Waals surface area contributed by atoms with E-state index in [0.717, 1.165) is 64.7 Å². The number of hydrogen-bond donors (Lipinski definition) is 1. The van der Waals surface area contributed by atoms with E-state index in [2.05, 4.69) is 80.8 Å². The summed E-state index contributed by atoms with van der Waals surface area (Å²) in [5, 5.41) is 3.54. The SMILES string of the molecule is CN=C(NCc1ccc(N2CCOCC2)cc1)N1CCC(=Cc2ccccc2)CC1.I. The first-order valence-electron chi connectivity index (χ1n) is 10.9. The number of benzene rings is 2. The van der Waals surface area contributed by atoms with Gasteiger partial charge in [-0.15, -0.1) is 24.0 Å². The minimum absolute atomic E-state index is 0. The predicted molar refractivity (Wildman–Crippen MR) is 140 cm³/mol. The van der Waals surface area contributed by atoms with Crippen LogP contribution in [0.25, 0.3) is 6.08 Å². The number of aliphatic imine (C=N–C) groups is 1. The van der Waals surface area contributed by atoms with Crippen molar-refractivity contribution in [3.05, 3.63) is 71.3 Å². The van der Waals surface area contributed by atoms with Gasteiger partial charge in [-0.25, -0.2) is 0 Å². The van der Waals surface area contributed by atoms with Gasteiger partial charge >= 0.3 is 0 Å². The predicted octanol–water partition coefficient (Wildman–Crippen LogP) is 4.40. The zero-order chi connectivity index (χ0) is 20.6. The smallest absolute Gasteiger partial charge is 0.193 e. The lowest BCUT2D eigenvalue weighted by Gasteiger charge is -2.31. The number of ether oxygens (including phenoxy) is 1. The van der Waals surface area contributed by atoms with Crippen LogP contribution < -0.4 is 10.2 Å². The molecule has 2 aromatic rings. The molecule has 0 spiro atoms. The van der Waals surface area contributed by atoms with Gasteiger partial charge in [-0.1, -0.05) is 54.1 Å². The Kier molecular flexibility index (Phi) is 9.21. The maximum atomic E-state index is 5.44. The van der Waals surface area contributed by atoms with E-state index in [0.29, 0.717) is 0 Å². The van der Waals surface area contributed by atoms with Crippen LogP contribution >= 0.6 is 24.0 Å². The molecule has 0 aliphatic carbocycles. The molecule has 2 heterocycles. The van der Waals surface area contributed by atoms with Crippen LogP contribution in [0.1, 0.15) is 24.0 Å². The number of anilines is 1. The van der Waals surface area contributed by atoms with Gasteiger partial charge < -0.3 is 19.9 Å². The molecular formula is C25H33IN4O. The van der Waals surface area contributed by atoms with Gasteiger partial charge in [-0.3, -0.25) is 4.99 Å². The van der Waals surface area contributed by atoms with E-state index in [-0.39, 0.29) is 24.0 Å². The molecule has 0 bridgehead atoms. The Morgan fingerprint density at radius 3 is 2.29 bits per heavy atom. The summed E-state index contributed by atoms with van der Waals surface area (Å²) in [6.45, 7) is 6.39. The van der Waals surface area contributed by atoms with E-state index < -0.39 is 0 Å². The maximum absolute atomic E-state index is 5.44. The number of piperidine rings is 1. The Morgan fingerprint density at radius 1 is 0.968 bits per heavy atom. The summed E-state index contributed by atoms with van der Waals surface area (Å²) < 4.78 is 5.44. The summed E-state index contributed by atoms with van der Waals surface area (Å²) in [4.78, 5) is 9.27. The molecule has 0 unspecified atom stereocenters. The fourth-order valence-electron chi connectivity index (χ4n) is 4.09. The molecule has 2 aliphatic rings. The van der Waals surface area contributed by atoms with Crippen molar-refractivity contribution in [3.8, 4) is 0 Å². The van der Waals surface area contributed by atoms with Crippen LogP contribution in [-0.2, 0) is 11.3 Å². The fraction of sp³-hybridized carbons (Fsp3) is 0.400. The van der Waals surface area contributed by atoms with Crippen molar-refractivity contribution in [2.24, 2.45) is 4.99 Å². The van der Waals surface area contributed by atoms with Crippen molar-refractivity contribution in [2.75, 3.05) is 51.3 Å². The lowest BCUT2D eigenvalue weighted by molar-refractivity contribution is 0.122. The number of hydrogen-bond acceptors (Lipinski definition) is 3. The summed E-state index contributed by atoms with van der Waals surface area (Å²) >= 11 is 0. The molecule has 0 atom stereocenters. The van der Waals surface area contributed by atoms with Crippen molar-refractivity contribution < 1.29 is 4.74 Å². The highest BCUT2D eigenvalue weighted by Crippen LogP contribution is 2.20. The molecule has 166 valence electrons. The van der Waals surface area contributed by atoms with Crippen LogP contribution in [0.15, 0.2) is 65.2 Å². The Labute approximate surface area is 203 Å². The van der Waals surface area contributed by atoms with E-state index in [1.165, 1.54) is 22.4 Å². The Bertz CT molecular complexity index is 851. The van der Waals surface area contributed by atoms with Crippen LogP contribution in [0.2, 0.25) is 0 Å². The lowest BCUT2D eigenvalue weighted by Crippen LogP contribution is -2.44. The highest BCUT2D eigenvalue weighted by Gasteiger charge is 2.17. The number of halogens is 1. The fourth-order valence-corrected chi connectivity index (χ4v) is 4.09. The topological polar surface area (TPSA) is 40.1 Å². The average Bonchev–Trinajstić information content (AvgIpc) is 2.82. The Balaban J connectivity index is 0.00000272. The quantitative estimate of drug-likeness (QED) is 0.360. The third-order valence-corrected chi connectivity index (χ3v) is 5.85. The van der Waals surface area contributed by atoms with Crippen molar-refractivity contribution in [1.29, 1.82) is 0 Å². The summed E-state index contributed by atoms with van der Waals surface area (Å²) in [7, 11) is 1.87. The second-order valence-corrected chi connectivity index (χ2v) is 7.87. The maximum Gasteiger partial charge on any atom is 0.193 e. The van der Waals surface area contributed by atoms with Crippen LogP contribution in [0.5, 0.6) is 0 Å². The molecule has 2 aliphatic heterocycles. The molecule has 2 fully saturated rings. The number of guanidine groups is 1. The van der Waals surface area contributed by atoms with Gasteiger partial charge in [0.1, 0.15) is 0 Å². The first-order chi connectivity index (χ1) is 14.8. The Hall–Kier alpha value is -2.06. The van der Waals surface area contributed by atoms with E-state index in [4.69, 9.17) is 4.74 Å². The molecule has 6 heteroatoms. The monoisotopic (exact) mass is 532 g/mol. The number of nitrogens with zero attached hydrogens (tertiary/aromatic N) is 3. The molecule has 0 amide bonds. The van der Waals surface area contributed by atoms with Gasteiger partial charge in [0.25, 0.3) is 0 Å². The average molecular weight is 532 g/mol. The first-order valence-corrected chi connectivity index (χ1v) is 10.9. The normalized spacial score (nSPS) is 17.2. The number of nitrogens with one attached hydrogen (secondary N) is 1. The molecule has 0 radical (unpaired) electrons. The van der Waals surface area contributed by atoms with Crippen LogP contribution in [0.3, 0.4) is 0 Å². The van der Waals surface area contributed by atoms with E-state index in [9.17, 15) is 0 Å². The second-order valence-electron chi connectivity index (χ2n) is 7.87. The van der Waals surface area contributed by atoms with Crippen LogP contribution in [0, 0.1) is 0 Å². The van der Waals surface area contributed by atoms with Crippen molar-refractivity contribution >= 4 is 41.7 Å². The third-order valence-electron chi connectivity index (χ3n) is 5.85. The zero-order valence-electron chi connectivity index (χ0n) is 18.3. The molecule has 31 heavy (non-hydrogen) atoms. The zero-order valence-corrected chi connectivity index (χ0v) is 20.6. The van der Waals surface area contributed by atoms with Gasteiger partial charge in [0.2, 0.25) is 0 Å². The highest BCUT2D eigenvalue weighted by molar-refractivity contribution is 14.0. The van der Waals surface area contributed by atoms with Crippen LogP contribution in [0.4, 0.5) is 5.69 Å². The van der Waals surface area contributed by atoms with Gasteiger partial charge in [-0.2, -0.15) is 0 Å². The standard InChI is InChI=1S/C25H32N4O.HI/c1-26-25(29-13-11-22(12-14-29)19-21-5-3-2-4-6-21)27-20-23-7-9-24(10-8-23)28-15-17-30-18-16-28;/h2-10,19H,11-18,20H2,1H3,(H,26,27);1H. The van der Waals surface area contributed by atoms with Crippen molar-refractivity contribution in [1.82, 2.24) is 10.2 Å². The highest BCUT2D eigenvalue weighted by atomic mass is 127. The first kappa shape index (κ1) is 23.6. The largest absolute Gasteiger partial charge is 0.378 e. The van der Waals surface area contributed by atoms with Crippen molar-refractivity contribution in [2.45, 2.75) is 19.4 Å². The van der Waals surface area contributed by atoms with Gasteiger partial charge in [-0.05, 0) is 36.1 Å². The lowest BCUT2D eigenvalue weighted by atomic mass is 10.0. The van der Waals surface area contributed by atoms with Crippen LogP contribution in [-0.4, -0.2) is 57.3 Å². The molecule has 0 saturated carbocycles. The number of likely N-dealkylation sites (tertiary alicyclic amines) is 1. The van der Waals surface area contributed by atoms with Gasteiger partial charge in [0, 0.05) is 45.5 Å². The van der Waals surface area contributed by atoms with E-state index >= 15 is 0 Å². The number of rotatable bonds is 4. The van der Waals surface area contributed by atoms with Gasteiger partial charge in [0.15, 0.2) is 5.96 Å².